The van der Waals surface area contributed by atoms with Crippen molar-refractivity contribution in [1.82, 2.24) is 10.6 Å². The highest BCUT2D eigenvalue weighted by molar-refractivity contribution is 7.80. The molecule has 0 amide bonds. The molecule has 0 spiro atoms. The highest BCUT2D eigenvalue weighted by Gasteiger charge is 2.32. The van der Waals surface area contributed by atoms with Crippen LogP contribution >= 0.6 is 12.2 Å². The second kappa shape index (κ2) is 7.06. The number of fused-ring (bicyclic) bond motifs is 1. The van der Waals surface area contributed by atoms with Crippen LogP contribution in [-0.4, -0.2) is 38.2 Å². The second-order valence-corrected chi connectivity index (χ2v) is 5.72. The van der Waals surface area contributed by atoms with Gasteiger partial charge in [0.2, 0.25) is 6.79 Å². The van der Waals surface area contributed by atoms with E-state index < -0.39 is 12.0 Å². The van der Waals surface area contributed by atoms with Crippen LogP contribution in [0.2, 0.25) is 0 Å². The van der Waals surface area contributed by atoms with Gasteiger partial charge in [0.15, 0.2) is 16.6 Å². The molecule has 8 heteroatoms. The van der Waals surface area contributed by atoms with Crippen molar-refractivity contribution in [3.8, 4) is 11.5 Å². The maximum atomic E-state index is 12.5. The summed E-state index contributed by atoms with van der Waals surface area (Å²) in [5.41, 5.74) is 1.96. The van der Waals surface area contributed by atoms with E-state index in [0.29, 0.717) is 34.5 Å². The number of hydrogen-bond donors (Lipinski definition) is 2. The highest BCUT2D eigenvalue weighted by Crippen LogP contribution is 2.36. The third kappa shape index (κ3) is 3.29. The van der Waals surface area contributed by atoms with Crippen LogP contribution < -0.4 is 20.1 Å². The van der Waals surface area contributed by atoms with Crippen molar-refractivity contribution < 1.29 is 23.7 Å². The number of carbonyl (C=O) groups is 1. The molecular weight excluding hydrogens is 332 g/mol. The minimum Gasteiger partial charge on any atom is -0.460 e. The summed E-state index contributed by atoms with van der Waals surface area (Å²) in [6.07, 6.45) is 0. The maximum absolute atomic E-state index is 12.5. The van der Waals surface area contributed by atoms with Gasteiger partial charge >= 0.3 is 5.97 Å². The molecule has 2 heterocycles. The first-order valence-electron chi connectivity index (χ1n) is 7.44. The van der Waals surface area contributed by atoms with Gasteiger partial charge in [-0.15, -0.1) is 0 Å². The van der Waals surface area contributed by atoms with Crippen molar-refractivity contribution >= 4 is 23.3 Å². The van der Waals surface area contributed by atoms with Crippen LogP contribution in [0.25, 0.3) is 0 Å². The molecule has 0 radical (unpaired) electrons. The van der Waals surface area contributed by atoms with Crippen LogP contribution in [0, 0.1) is 0 Å². The summed E-state index contributed by atoms with van der Waals surface area (Å²) in [6, 6.07) is 5.09. The van der Waals surface area contributed by atoms with Crippen LogP contribution in [0.15, 0.2) is 29.5 Å². The van der Waals surface area contributed by atoms with Crippen molar-refractivity contribution in [1.29, 1.82) is 0 Å². The Morgan fingerprint density at radius 3 is 2.92 bits per heavy atom. The smallest absolute Gasteiger partial charge is 0.338 e. The average molecular weight is 350 g/mol. The predicted octanol–water partition coefficient (Wildman–Crippen LogP) is 1.40. The molecule has 0 aliphatic carbocycles. The van der Waals surface area contributed by atoms with Crippen molar-refractivity contribution in [3.63, 3.8) is 0 Å². The van der Waals surface area contributed by atoms with Gasteiger partial charge in [-0.1, -0.05) is 6.07 Å². The van der Waals surface area contributed by atoms with Crippen molar-refractivity contribution in [2.75, 3.05) is 27.1 Å². The van der Waals surface area contributed by atoms with Crippen molar-refractivity contribution in [2.24, 2.45) is 0 Å². The monoisotopic (exact) mass is 350 g/mol. The lowest BCUT2D eigenvalue weighted by atomic mass is 9.95. The fraction of sp³-hybridized carbons (Fsp3) is 0.375. The zero-order valence-corrected chi connectivity index (χ0v) is 14.2. The van der Waals surface area contributed by atoms with Crippen LogP contribution in [0.5, 0.6) is 11.5 Å². The van der Waals surface area contributed by atoms with E-state index in [9.17, 15) is 4.79 Å². The highest BCUT2D eigenvalue weighted by atomic mass is 32.1. The summed E-state index contributed by atoms with van der Waals surface area (Å²) in [5.74, 6) is 0.901. The van der Waals surface area contributed by atoms with Gasteiger partial charge in [0.25, 0.3) is 0 Å². The first-order chi connectivity index (χ1) is 11.6. The molecular formula is C16H18N2O5S. The SMILES string of the molecule is COCCOC(=O)C1=C(C)NC(=S)NC1c1ccc2c(c1)OCO2. The number of thiocarbonyl (C=S) groups is 1. The Balaban J connectivity index is 1.89. The second-order valence-electron chi connectivity index (χ2n) is 5.31. The number of methoxy groups -OCH3 is 1. The van der Waals surface area contributed by atoms with Gasteiger partial charge in [-0.05, 0) is 36.8 Å². The largest absolute Gasteiger partial charge is 0.460 e. The Bertz CT molecular complexity index is 704. The fourth-order valence-corrected chi connectivity index (χ4v) is 2.87. The summed E-state index contributed by atoms with van der Waals surface area (Å²) in [5, 5.41) is 6.52. The molecule has 0 aromatic heterocycles. The molecule has 1 aromatic carbocycles. The normalized spacial score (nSPS) is 18.9. The van der Waals surface area contributed by atoms with E-state index in [0.717, 1.165) is 5.56 Å². The third-order valence-electron chi connectivity index (χ3n) is 3.74. The van der Waals surface area contributed by atoms with E-state index in [2.05, 4.69) is 10.6 Å². The van der Waals surface area contributed by atoms with E-state index in [-0.39, 0.29) is 13.4 Å². The Labute approximate surface area is 144 Å². The standard InChI is InChI=1S/C16H18N2O5S/c1-9-13(15(19)21-6-5-20-2)14(18-16(24)17-9)10-3-4-11-12(7-10)23-8-22-11/h3-4,7,14H,5-6,8H2,1-2H3,(H2,17,18,24). The minimum absolute atomic E-state index is 0.185. The minimum atomic E-state index is -0.428. The molecule has 1 aromatic rings. The van der Waals surface area contributed by atoms with E-state index in [4.69, 9.17) is 31.2 Å². The van der Waals surface area contributed by atoms with E-state index in [1.54, 1.807) is 14.0 Å². The number of benzene rings is 1. The van der Waals surface area contributed by atoms with E-state index >= 15 is 0 Å². The number of esters is 1. The van der Waals surface area contributed by atoms with E-state index in [1.807, 2.05) is 18.2 Å². The Morgan fingerprint density at radius 1 is 1.33 bits per heavy atom. The molecule has 2 aliphatic heterocycles. The first-order valence-corrected chi connectivity index (χ1v) is 7.85. The summed E-state index contributed by atoms with van der Waals surface area (Å²) in [7, 11) is 1.55. The topological polar surface area (TPSA) is 78.1 Å². The molecule has 0 fully saturated rings. The molecule has 1 unspecified atom stereocenters. The lowest BCUT2D eigenvalue weighted by Gasteiger charge is -2.30. The van der Waals surface area contributed by atoms with Gasteiger partial charge in [0, 0.05) is 12.8 Å². The number of hydrogen-bond acceptors (Lipinski definition) is 6. The lowest BCUT2D eigenvalue weighted by Crippen LogP contribution is -2.45. The molecule has 2 aliphatic rings. The molecule has 2 N–H and O–H groups in total. The molecule has 24 heavy (non-hydrogen) atoms. The molecule has 128 valence electrons. The third-order valence-corrected chi connectivity index (χ3v) is 3.96. The summed E-state index contributed by atoms with van der Waals surface area (Å²) in [6.45, 7) is 2.51. The molecule has 0 bridgehead atoms. The first kappa shape index (κ1) is 16.5. The fourth-order valence-electron chi connectivity index (χ4n) is 2.60. The van der Waals surface area contributed by atoms with Gasteiger partial charge in [0.05, 0.1) is 18.2 Å². The van der Waals surface area contributed by atoms with E-state index in [1.165, 1.54) is 0 Å². The van der Waals surface area contributed by atoms with Gasteiger partial charge in [-0.25, -0.2) is 4.79 Å². The van der Waals surface area contributed by atoms with Crippen molar-refractivity contribution in [2.45, 2.75) is 13.0 Å². The summed E-state index contributed by atoms with van der Waals surface area (Å²) in [4.78, 5) is 12.5. The summed E-state index contributed by atoms with van der Waals surface area (Å²) < 4.78 is 20.9. The molecule has 0 saturated heterocycles. The molecule has 0 saturated carbocycles. The zero-order valence-electron chi connectivity index (χ0n) is 13.4. The number of ether oxygens (including phenoxy) is 4. The van der Waals surface area contributed by atoms with Gasteiger partial charge in [-0.2, -0.15) is 0 Å². The Hall–Kier alpha value is -2.32. The van der Waals surface area contributed by atoms with Gasteiger partial charge < -0.3 is 29.6 Å². The quantitative estimate of drug-likeness (QED) is 0.469. The number of carbonyl (C=O) groups excluding carboxylic acids is 1. The predicted molar refractivity (Wildman–Crippen MR) is 89.7 cm³/mol. The van der Waals surface area contributed by atoms with Gasteiger partial charge in [-0.3, -0.25) is 0 Å². The number of allylic oxidation sites excluding steroid dienone is 1. The lowest BCUT2D eigenvalue weighted by molar-refractivity contribution is -0.140. The van der Waals surface area contributed by atoms with Crippen molar-refractivity contribution in [3.05, 3.63) is 35.0 Å². The van der Waals surface area contributed by atoms with Crippen LogP contribution in [0.3, 0.4) is 0 Å². The van der Waals surface area contributed by atoms with Crippen LogP contribution in [0.4, 0.5) is 0 Å². The molecule has 7 nitrogen and oxygen atoms in total. The van der Waals surface area contributed by atoms with Gasteiger partial charge in [0.1, 0.15) is 6.61 Å². The molecule has 1 atom stereocenters. The summed E-state index contributed by atoms with van der Waals surface area (Å²) >= 11 is 5.22. The maximum Gasteiger partial charge on any atom is 0.338 e. The number of rotatable bonds is 5. The Kier molecular flexibility index (Phi) is 4.86. The Morgan fingerprint density at radius 2 is 2.12 bits per heavy atom. The number of nitrogens with one attached hydrogen (secondary N) is 2. The van der Waals surface area contributed by atoms with Crippen LogP contribution in [-0.2, 0) is 14.3 Å². The zero-order chi connectivity index (χ0) is 17.1. The molecule has 3 rings (SSSR count). The average Bonchev–Trinajstić information content (AvgIpc) is 3.01. The van der Waals surface area contributed by atoms with Crippen LogP contribution in [0.1, 0.15) is 18.5 Å².